The van der Waals surface area contributed by atoms with E-state index < -0.39 is 0 Å². The minimum absolute atomic E-state index is 0.0659. The summed E-state index contributed by atoms with van der Waals surface area (Å²) in [5.41, 5.74) is 0.882. The van der Waals surface area contributed by atoms with E-state index in [1.165, 1.54) is 0 Å². The molecule has 0 radical (unpaired) electrons. The van der Waals surface area contributed by atoms with Crippen molar-refractivity contribution in [3.8, 4) is 10.8 Å². The summed E-state index contributed by atoms with van der Waals surface area (Å²) in [6, 6.07) is 9.51. The highest BCUT2D eigenvalue weighted by Crippen LogP contribution is 2.20. The summed E-state index contributed by atoms with van der Waals surface area (Å²) in [6.45, 7) is 0. The molecule has 1 aromatic carbocycles. The third-order valence-electron chi connectivity index (χ3n) is 1.56. The van der Waals surface area contributed by atoms with Gasteiger partial charge in [-0.15, -0.1) is 0 Å². The molecule has 0 unspecified atom stereocenters. The molecule has 0 aliphatic rings. The fraction of sp³-hybridized carbons (Fsp3) is 0. The Morgan fingerprint density at radius 1 is 1.31 bits per heavy atom. The van der Waals surface area contributed by atoms with Crippen molar-refractivity contribution in [1.29, 1.82) is 0 Å². The van der Waals surface area contributed by atoms with Crippen molar-refractivity contribution < 1.29 is 9.79 Å². The van der Waals surface area contributed by atoms with E-state index in [1.807, 2.05) is 30.3 Å². The van der Waals surface area contributed by atoms with Crippen LogP contribution in [0.1, 0.15) is 0 Å². The second-order valence-corrected chi connectivity index (χ2v) is 3.87. The third-order valence-corrected chi connectivity index (χ3v) is 3.12. The summed E-state index contributed by atoms with van der Waals surface area (Å²) < 4.78 is 6.04. The fourth-order valence-corrected chi connectivity index (χ4v) is 2.07. The first-order chi connectivity index (χ1) is 6.29. The molecule has 5 heteroatoms. The molecular weight excluding hydrogens is 252 g/mol. The molecule has 0 fully saturated rings. The normalized spacial score (nSPS) is 10.2. The van der Waals surface area contributed by atoms with Gasteiger partial charge in [-0.05, 0) is 4.68 Å². The predicted octanol–water partition coefficient (Wildman–Crippen LogP) is 1.26. The molecule has 0 saturated carbocycles. The molecular formula is C8H5BrN2OS. The average Bonchev–Trinajstić information content (AvgIpc) is 2.49. The van der Waals surface area contributed by atoms with Crippen LogP contribution < -0.4 is 9.79 Å². The van der Waals surface area contributed by atoms with Crippen LogP contribution in [0.5, 0.6) is 5.06 Å². The van der Waals surface area contributed by atoms with Crippen molar-refractivity contribution in [2.24, 2.45) is 0 Å². The first-order valence-electron chi connectivity index (χ1n) is 3.59. The Morgan fingerprint density at radius 3 is 2.54 bits per heavy atom. The van der Waals surface area contributed by atoms with Gasteiger partial charge in [-0.1, -0.05) is 18.2 Å². The van der Waals surface area contributed by atoms with Crippen molar-refractivity contribution >= 4 is 27.5 Å². The van der Waals surface area contributed by atoms with E-state index in [0.717, 1.165) is 17.2 Å². The Labute approximate surface area is 87.5 Å². The zero-order valence-electron chi connectivity index (χ0n) is 6.48. The number of halogens is 1. The van der Waals surface area contributed by atoms with Crippen LogP contribution in [0.2, 0.25) is 0 Å². The monoisotopic (exact) mass is 256 g/mol. The number of rotatable bonds is 1. The number of aromatic nitrogens is 2. The van der Waals surface area contributed by atoms with Crippen molar-refractivity contribution in [1.82, 2.24) is 4.49 Å². The molecule has 0 aliphatic heterocycles. The first kappa shape index (κ1) is 8.65. The summed E-state index contributed by atoms with van der Waals surface area (Å²) >= 11 is 4.12. The molecule has 2 aromatic rings. The molecule has 13 heavy (non-hydrogen) atoms. The van der Waals surface area contributed by atoms with E-state index in [9.17, 15) is 5.11 Å². The minimum atomic E-state index is -0.0659. The largest absolute Gasteiger partial charge is 0.859 e. The Balaban J connectivity index is 2.53. The lowest BCUT2D eigenvalue weighted by Crippen LogP contribution is -2.33. The Kier molecular flexibility index (Phi) is 2.28. The van der Waals surface area contributed by atoms with Gasteiger partial charge in [0.2, 0.25) is 5.69 Å². The Morgan fingerprint density at radius 2 is 2.00 bits per heavy atom. The molecule has 66 valence electrons. The zero-order chi connectivity index (χ0) is 9.26. The molecule has 3 nitrogen and oxygen atoms in total. The smallest absolute Gasteiger partial charge is 0.285 e. The molecule has 1 heterocycles. The van der Waals surface area contributed by atoms with Gasteiger partial charge < -0.3 is 5.11 Å². The maximum atomic E-state index is 11.1. The number of hydrogen-bond acceptors (Lipinski definition) is 3. The second kappa shape index (κ2) is 3.43. The lowest BCUT2D eigenvalue weighted by molar-refractivity contribution is -0.663. The van der Waals surface area contributed by atoms with Gasteiger partial charge in [0.25, 0.3) is 4.60 Å². The van der Waals surface area contributed by atoms with Crippen molar-refractivity contribution in [2.45, 2.75) is 0 Å². The van der Waals surface area contributed by atoms with E-state index in [-0.39, 0.29) is 5.06 Å². The molecule has 0 spiro atoms. The predicted molar refractivity (Wildman–Crippen MR) is 50.8 cm³/mol. The highest BCUT2D eigenvalue weighted by atomic mass is 79.9. The molecule has 0 bridgehead atoms. The van der Waals surface area contributed by atoms with Crippen LogP contribution in [0.25, 0.3) is 5.69 Å². The Bertz CT molecular complexity index is 415. The lowest BCUT2D eigenvalue weighted by Gasteiger charge is -1.92. The number of para-hydroxylation sites is 1. The van der Waals surface area contributed by atoms with Crippen LogP contribution in [-0.2, 0) is 0 Å². The maximum Gasteiger partial charge on any atom is 0.285 e. The second-order valence-electron chi connectivity index (χ2n) is 2.40. The topological polar surface area (TPSA) is 39.8 Å². The van der Waals surface area contributed by atoms with Crippen LogP contribution >= 0.6 is 27.5 Å². The SMILES string of the molecule is [O-]c1sn[n+](-c2ccccc2)c1Br. The standard InChI is InChI=1S/C8H5BrN2OS/c9-7-8(12)13-10-11(7)6-4-2-1-3-5-6/h1-5H. The Hall–Kier alpha value is -0.940. The van der Waals surface area contributed by atoms with E-state index in [4.69, 9.17) is 0 Å². The maximum absolute atomic E-state index is 11.1. The van der Waals surface area contributed by atoms with E-state index in [2.05, 4.69) is 20.4 Å². The fourth-order valence-electron chi connectivity index (χ4n) is 0.968. The van der Waals surface area contributed by atoms with Gasteiger partial charge >= 0.3 is 0 Å². The number of hydrogen-bond donors (Lipinski definition) is 0. The molecule has 0 saturated heterocycles. The molecule has 0 aliphatic carbocycles. The van der Waals surface area contributed by atoms with E-state index >= 15 is 0 Å². The minimum Gasteiger partial charge on any atom is -0.859 e. The van der Waals surface area contributed by atoms with Gasteiger partial charge in [-0.2, -0.15) is 0 Å². The highest BCUT2D eigenvalue weighted by Gasteiger charge is 2.15. The van der Waals surface area contributed by atoms with Gasteiger partial charge in [0, 0.05) is 39.6 Å². The van der Waals surface area contributed by atoms with E-state index in [1.54, 1.807) is 4.68 Å². The van der Waals surface area contributed by atoms with Gasteiger partial charge in [-0.25, -0.2) is 0 Å². The molecule has 0 amide bonds. The van der Waals surface area contributed by atoms with Gasteiger partial charge in [0.1, 0.15) is 0 Å². The van der Waals surface area contributed by atoms with E-state index in [0.29, 0.717) is 4.60 Å². The summed E-state index contributed by atoms with van der Waals surface area (Å²) in [6.07, 6.45) is 0. The van der Waals surface area contributed by atoms with Crippen LogP contribution in [-0.4, -0.2) is 4.49 Å². The quantitative estimate of drug-likeness (QED) is 0.721. The summed E-state index contributed by atoms with van der Waals surface area (Å²) in [4.78, 5) is 0. The third kappa shape index (κ3) is 1.57. The molecule has 1 aromatic heterocycles. The van der Waals surface area contributed by atoms with Crippen LogP contribution in [0.15, 0.2) is 34.9 Å². The summed E-state index contributed by atoms with van der Waals surface area (Å²) in [5.74, 6) is 0. The summed E-state index contributed by atoms with van der Waals surface area (Å²) in [7, 11) is 0. The van der Waals surface area contributed by atoms with Gasteiger partial charge in [0.05, 0.1) is 9.55 Å². The van der Waals surface area contributed by atoms with Gasteiger partial charge in [-0.3, -0.25) is 0 Å². The zero-order valence-corrected chi connectivity index (χ0v) is 8.88. The highest BCUT2D eigenvalue weighted by molar-refractivity contribution is 9.10. The van der Waals surface area contributed by atoms with Crippen molar-refractivity contribution in [3.63, 3.8) is 0 Å². The molecule has 0 atom stereocenters. The molecule has 0 N–H and O–H groups in total. The summed E-state index contributed by atoms with van der Waals surface area (Å²) in [5, 5.41) is 11.0. The molecule has 2 rings (SSSR count). The first-order valence-corrected chi connectivity index (χ1v) is 5.15. The van der Waals surface area contributed by atoms with Crippen molar-refractivity contribution in [2.75, 3.05) is 0 Å². The lowest BCUT2D eigenvalue weighted by atomic mass is 10.3. The van der Waals surface area contributed by atoms with Crippen LogP contribution in [0.3, 0.4) is 0 Å². The van der Waals surface area contributed by atoms with Crippen LogP contribution in [0, 0.1) is 0 Å². The van der Waals surface area contributed by atoms with Crippen molar-refractivity contribution in [3.05, 3.63) is 34.9 Å². The average molecular weight is 257 g/mol. The number of benzene rings is 1. The number of nitrogens with zero attached hydrogens (tertiary/aromatic N) is 2. The van der Waals surface area contributed by atoms with Crippen LogP contribution in [0.4, 0.5) is 0 Å². The van der Waals surface area contributed by atoms with Gasteiger partial charge in [0.15, 0.2) is 0 Å².